The molecule has 0 amide bonds. The van der Waals surface area contributed by atoms with Crippen LogP contribution in [0.5, 0.6) is 0 Å². The number of hydrogen-bond donors (Lipinski definition) is 1. The van der Waals surface area contributed by atoms with Crippen LogP contribution in [-0.2, 0) is 0 Å². The van der Waals surface area contributed by atoms with Crippen LogP contribution in [0.3, 0.4) is 0 Å². The zero-order chi connectivity index (χ0) is 11.0. The van der Waals surface area contributed by atoms with Crippen molar-refractivity contribution < 1.29 is 0 Å². The third kappa shape index (κ3) is 2.15. The summed E-state index contributed by atoms with van der Waals surface area (Å²) in [7, 11) is 0. The molecule has 0 bridgehead atoms. The number of fused-ring (bicyclic) bond motifs is 1. The minimum absolute atomic E-state index is 0. The Hall–Kier alpha value is -1.13. The van der Waals surface area contributed by atoms with Crippen LogP contribution in [-0.4, -0.2) is 20.6 Å². The molecule has 0 radical (unpaired) electrons. The molecule has 17 heavy (non-hydrogen) atoms. The summed E-state index contributed by atoms with van der Waals surface area (Å²) in [6, 6.07) is 6.20. The van der Waals surface area contributed by atoms with Gasteiger partial charge in [-0.05, 0) is 25.0 Å². The van der Waals surface area contributed by atoms with Crippen molar-refractivity contribution in [2.45, 2.75) is 37.6 Å². The van der Waals surface area contributed by atoms with Crippen molar-refractivity contribution in [1.82, 2.24) is 14.6 Å². The maximum Gasteiger partial charge on any atom is 0.160 e. The SMILES string of the molecule is Cl.N[C@@H]1CCCC[C@H]1c1nnc2ccccn12. The van der Waals surface area contributed by atoms with Gasteiger partial charge in [-0.2, -0.15) is 0 Å². The molecule has 2 N–H and O–H groups in total. The predicted molar refractivity (Wildman–Crippen MR) is 69.4 cm³/mol. The lowest BCUT2D eigenvalue weighted by Gasteiger charge is -2.26. The van der Waals surface area contributed by atoms with Gasteiger partial charge in [-0.1, -0.05) is 18.9 Å². The number of nitrogens with two attached hydrogens (primary N) is 1. The van der Waals surface area contributed by atoms with Crippen molar-refractivity contribution >= 4 is 18.1 Å². The highest BCUT2D eigenvalue weighted by Crippen LogP contribution is 2.30. The Morgan fingerprint density at radius 3 is 2.82 bits per heavy atom. The molecule has 1 fully saturated rings. The molecule has 0 aliphatic heterocycles. The number of rotatable bonds is 1. The molecule has 2 atom stereocenters. The summed E-state index contributed by atoms with van der Waals surface area (Å²) in [6.45, 7) is 0. The maximum absolute atomic E-state index is 6.18. The molecular weight excluding hydrogens is 236 g/mol. The first kappa shape index (κ1) is 12.3. The van der Waals surface area contributed by atoms with E-state index < -0.39 is 0 Å². The Kier molecular flexibility index (Phi) is 3.64. The highest BCUT2D eigenvalue weighted by atomic mass is 35.5. The average Bonchev–Trinajstić information content (AvgIpc) is 2.74. The van der Waals surface area contributed by atoms with E-state index >= 15 is 0 Å². The Balaban J connectivity index is 0.00000108. The lowest BCUT2D eigenvalue weighted by atomic mass is 9.84. The lowest BCUT2D eigenvalue weighted by Crippen LogP contribution is -2.32. The number of aromatic nitrogens is 3. The van der Waals surface area contributed by atoms with E-state index in [9.17, 15) is 0 Å². The average molecular weight is 253 g/mol. The van der Waals surface area contributed by atoms with Crippen LogP contribution >= 0.6 is 12.4 Å². The molecule has 1 aliphatic carbocycles. The molecule has 0 unspecified atom stereocenters. The molecule has 1 aliphatic rings. The van der Waals surface area contributed by atoms with Crippen molar-refractivity contribution in [3.05, 3.63) is 30.2 Å². The van der Waals surface area contributed by atoms with Crippen LogP contribution in [0.25, 0.3) is 5.65 Å². The van der Waals surface area contributed by atoms with Crippen LogP contribution in [0.2, 0.25) is 0 Å². The van der Waals surface area contributed by atoms with Gasteiger partial charge < -0.3 is 5.73 Å². The van der Waals surface area contributed by atoms with Crippen LogP contribution < -0.4 is 5.73 Å². The molecule has 3 rings (SSSR count). The minimum atomic E-state index is 0. The molecule has 0 spiro atoms. The molecule has 4 nitrogen and oxygen atoms in total. The van der Waals surface area contributed by atoms with Gasteiger partial charge in [0.25, 0.3) is 0 Å². The highest BCUT2D eigenvalue weighted by molar-refractivity contribution is 5.85. The van der Waals surface area contributed by atoms with E-state index in [1.54, 1.807) is 0 Å². The topological polar surface area (TPSA) is 56.2 Å². The number of hydrogen-bond acceptors (Lipinski definition) is 3. The van der Waals surface area contributed by atoms with E-state index in [0.29, 0.717) is 5.92 Å². The van der Waals surface area contributed by atoms with Crippen LogP contribution in [0, 0.1) is 0 Å². The fourth-order valence-electron chi connectivity index (χ4n) is 2.59. The van der Waals surface area contributed by atoms with Gasteiger partial charge in [0.15, 0.2) is 5.65 Å². The van der Waals surface area contributed by atoms with Gasteiger partial charge in [-0.25, -0.2) is 0 Å². The second-order valence-corrected chi connectivity index (χ2v) is 4.54. The summed E-state index contributed by atoms with van der Waals surface area (Å²) in [4.78, 5) is 0. The Bertz CT molecular complexity index is 496. The second-order valence-electron chi connectivity index (χ2n) is 4.54. The minimum Gasteiger partial charge on any atom is -0.327 e. The van der Waals surface area contributed by atoms with Crippen molar-refractivity contribution in [3.63, 3.8) is 0 Å². The predicted octanol–water partition coefficient (Wildman–Crippen LogP) is 2.14. The molecule has 2 aromatic rings. The largest absolute Gasteiger partial charge is 0.327 e. The van der Waals surface area contributed by atoms with Crippen molar-refractivity contribution in [2.24, 2.45) is 5.73 Å². The summed E-state index contributed by atoms with van der Waals surface area (Å²) >= 11 is 0. The standard InChI is InChI=1S/C12H16N4.ClH/c13-10-6-2-1-5-9(10)12-15-14-11-7-3-4-8-16(11)12;/h3-4,7-10H,1-2,5-6,13H2;1H/t9-,10-;/m1./s1. The zero-order valence-corrected chi connectivity index (χ0v) is 10.4. The van der Waals surface area contributed by atoms with E-state index in [-0.39, 0.29) is 18.4 Å². The van der Waals surface area contributed by atoms with Crippen LogP contribution in [0.4, 0.5) is 0 Å². The van der Waals surface area contributed by atoms with Crippen molar-refractivity contribution in [3.8, 4) is 0 Å². The fraction of sp³-hybridized carbons (Fsp3) is 0.500. The first-order valence-corrected chi connectivity index (χ1v) is 5.91. The van der Waals surface area contributed by atoms with Crippen LogP contribution in [0.1, 0.15) is 37.4 Å². The summed E-state index contributed by atoms with van der Waals surface area (Å²) in [5.74, 6) is 1.40. The Labute approximate surface area is 107 Å². The number of pyridine rings is 1. The van der Waals surface area contributed by atoms with E-state index in [0.717, 1.165) is 24.3 Å². The van der Waals surface area contributed by atoms with Gasteiger partial charge in [0.1, 0.15) is 5.82 Å². The number of halogens is 1. The van der Waals surface area contributed by atoms with Crippen molar-refractivity contribution in [2.75, 3.05) is 0 Å². The van der Waals surface area contributed by atoms with E-state index in [2.05, 4.69) is 14.6 Å². The summed E-state index contributed by atoms with van der Waals surface area (Å²) in [5.41, 5.74) is 7.09. The summed E-state index contributed by atoms with van der Waals surface area (Å²) in [6.07, 6.45) is 6.75. The van der Waals surface area contributed by atoms with Gasteiger partial charge >= 0.3 is 0 Å². The molecule has 0 aromatic carbocycles. The molecule has 2 aromatic heterocycles. The van der Waals surface area contributed by atoms with E-state index in [1.807, 2.05) is 24.4 Å². The van der Waals surface area contributed by atoms with Crippen LogP contribution in [0.15, 0.2) is 24.4 Å². The molecule has 0 saturated heterocycles. The maximum atomic E-state index is 6.18. The normalized spacial score (nSPS) is 24.5. The Morgan fingerprint density at radius 1 is 1.18 bits per heavy atom. The Morgan fingerprint density at radius 2 is 2.00 bits per heavy atom. The van der Waals surface area contributed by atoms with E-state index in [1.165, 1.54) is 12.8 Å². The van der Waals surface area contributed by atoms with E-state index in [4.69, 9.17) is 5.73 Å². The molecule has 2 heterocycles. The smallest absolute Gasteiger partial charge is 0.160 e. The molecule has 1 saturated carbocycles. The first-order chi connectivity index (χ1) is 7.86. The summed E-state index contributed by atoms with van der Waals surface area (Å²) in [5, 5.41) is 8.49. The molecular formula is C12H17ClN4. The molecule has 5 heteroatoms. The number of nitrogens with zero attached hydrogens (tertiary/aromatic N) is 3. The monoisotopic (exact) mass is 252 g/mol. The molecule has 92 valence electrons. The quantitative estimate of drug-likeness (QED) is 0.846. The highest BCUT2D eigenvalue weighted by Gasteiger charge is 2.27. The third-order valence-corrected chi connectivity index (χ3v) is 3.49. The first-order valence-electron chi connectivity index (χ1n) is 5.91. The van der Waals surface area contributed by atoms with Gasteiger partial charge in [-0.3, -0.25) is 4.40 Å². The van der Waals surface area contributed by atoms with Gasteiger partial charge in [0.2, 0.25) is 0 Å². The van der Waals surface area contributed by atoms with Gasteiger partial charge in [-0.15, -0.1) is 22.6 Å². The lowest BCUT2D eigenvalue weighted by molar-refractivity contribution is 0.371. The third-order valence-electron chi connectivity index (χ3n) is 3.49. The van der Waals surface area contributed by atoms with Crippen molar-refractivity contribution in [1.29, 1.82) is 0 Å². The van der Waals surface area contributed by atoms with Gasteiger partial charge in [0.05, 0.1) is 0 Å². The zero-order valence-electron chi connectivity index (χ0n) is 9.62. The van der Waals surface area contributed by atoms with Gasteiger partial charge in [0, 0.05) is 18.2 Å². The second kappa shape index (κ2) is 5.02. The summed E-state index contributed by atoms with van der Waals surface area (Å²) < 4.78 is 2.07. The fourth-order valence-corrected chi connectivity index (χ4v) is 2.59.